The lowest BCUT2D eigenvalue weighted by molar-refractivity contribution is -0.0504. The van der Waals surface area contributed by atoms with E-state index in [1.165, 1.54) is 72.9 Å². The number of ether oxygens (including phenoxy) is 5. The van der Waals surface area contributed by atoms with E-state index < -0.39 is 195 Å². The number of imidazole rings is 5. The molecule has 0 bridgehead atoms. The number of anilines is 3. The number of nitrogens with two attached hydrogens (primary N) is 1. The number of aliphatic hydroxyl groups excluding tert-OH is 10. The molecule has 0 radical (unpaired) electrons. The van der Waals surface area contributed by atoms with Gasteiger partial charge in [0.25, 0.3) is 0 Å². The topological polar surface area (TPSA) is 876 Å². The Morgan fingerprint density at radius 2 is 0.811 bits per heavy atom. The fraction of sp³-hybridized carbons (Fsp3) is 0.509. The molecule has 15 rings (SSSR count). The van der Waals surface area contributed by atoms with E-state index >= 15 is 0 Å². The van der Waals surface area contributed by atoms with Crippen molar-refractivity contribution in [2.45, 2.75) is 130 Å². The number of aromatic nitrogens is 17. The average molecular weight is 1850 g/mol. The van der Waals surface area contributed by atoms with E-state index in [9.17, 15) is 73.9 Å². The third kappa shape index (κ3) is 21.6. The summed E-state index contributed by atoms with van der Waals surface area (Å²) in [6, 6.07) is 4.76. The molecule has 5 fully saturated rings. The van der Waals surface area contributed by atoms with Crippen molar-refractivity contribution in [1.82, 2.24) is 82.2 Å². The van der Waals surface area contributed by atoms with Gasteiger partial charge in [0.15, 0.2) is 76.2 Å². The molecule has 0 saturated carbocycles. The summed E-state index contributed by atoms with van der Waals surface area (Å²) < 4.78 is 111. The third-order valence-corrected chi connectivity index (χ3v) is 21.1. The van der Waals surface area contributed by atoms with Gasteiger partial charge >= 0.3 is 39.1 Å². The van der Waals surface area contributed by atoms with Crippen LogP contribution in [0, 0.1) is 12.3 Å². The first-order chi connectivity index (χ1) is 57.2. The highest BCUT2D eigenvalue weighted by Crippen LogP contribution is 2.46. The number of fused-ring (bicyclic) bond motifs is 5. The van der Waals surface area contributed by atoms with Crippen LogP contribution in [0.4, 0.5) is 23.1 Å². The van der Waals surface area contributed by atoms with Crippen LogP contribution in [-0.4, -0.2) is 321 Å². The van der Waals surface area contributed by atoms with Gasteiger partial charge in [0.05, 0.1) is 81.1 Å². The highest BCUT2D eigenvalue weighted by molar-refractivity contribution is 7.47. The summed E-state index contributed by atoms with van der Waals surface area (Å²) >= 11 is 6.00. The summed E-state index contributed by atoms with van der Waals surface area (Å²) in [4.78, 5) is 136. The van der Waals surface area contributed by atoms with E-state index in [4.69, 9.17) is 101 Å². The molecule has 10 aromatic heterocycles. The van der Waals surface area contributed by atoms with Crippen molar-refractivity contribution in [3.05, 3.63) is 95.2 Å². The molecule has 5 unspecified atom stereocenters. The summed E-state index contributed by atoms with van der Waals surface area (Å²) in [6.45, 7) is -1.33. The molecule has 65 heteroatoms. The first-order valence-corrected chi connectivity index (χ1v) is 42.8. The van der Waals surface area contributed by atoms with Crippen LogP contribution < -0.4 is 21.9 Å². The quantitative estimate of drug-likeness (QED) is 0.0124. The fourth-order valence-electron chi connectivity index (χ4n) is 12.7. The monoisotopic (exact) mass is 1850 g/mol. The Balaban J connectivity index is 0.000000149. The summed E-state index contributed by atoms with van der Waals surface area (Å²) in [5.74, 6) is 0.740. The molecule has 25 N–H and O–H groups in total. The number of pyridine rings is 3. The first kappa shape index (κ1) is 94.4. The number of nitrogens with one attached hydrogen (secondary N) is 3. The largest absolute Gasteiger partial charge is 0.469 e. The average Bonchev–Trinajstić information content (AvgIpc) is 1.60. The maximum atomic E-state index is 10.8. The maximum absolute atomic E-state index is 10.8. The van der Waals surface area contributed by atoms with Gasteiger partial charge in [-0.25, -0.2) is 77.6 Å². The van der Waals surface area contributed by atoms with Crippen molar-refractivity contribution in [3.8, 4) is 0 Å². The van der Waals surface area contributed by atoms with Crippen LogP contribution in [0.2, 0.25) is 5.02 Å². The Hall–Kier alpha value is -8.29. The van der Waals surface area contributed by atoms with Gasteiger partial charge in [0.1, 0.15) is 119 Å². The van der Waals surface area contributed by atoms with Crippen molar-refractivity contribution in [2.75, 3.05) is 63.5 Å². The number of phosphoric acid groups is 5. The molecular weight excluding hydrogens is 1770 g/mol. The van der Waals surface area contributed by atoms with Gasteiger partial charge in [0, 0.05) is 44.6 Å². The molecule has 0 aliphatic carbocycles. The Kier molecular flexibility index (Phi) is 29.6. The Bertz CT molecular complexity index is 5740. The van der Waals surface area contributed by atoms with Crippen LogP contribution in [0.25, 0.3) is 66.3 Å². The number of hydrogen-bond donors (Lipinski definition) is 24. The molecule has 5 aliphatic rings. The Morgan fingerprint density at radius 1 is 0.459 bits per heavy atom. The van der Waals surface area contributed by atoms with Crippen LogP contribution in [0.5, 0.6) is 0 Å². The summed E-state index contributed by atoms with van der Waals surface area (Å²) in [6.07, 6.45) is -14.2. The molecule has 122 heavy (non-hydrogen) atoms. The number of nitrogen functional groups attached to an aromatic ring is 1. The number of hydrogen-bond acceptors (Lipinski definition) is 41. The number of aliphatic hydroxyl groups is 10. The van der Waals surface area contributed by atoms with Crippen LogP contribution >= 0.6 is 50.7 Å². The van der Waals surface area contributed by atoms with Crippen LogP contribution in [-0.2, 0) is 76.2 Å². The molecular formula is C57H78ClN24O35P5. The van der Waals surface area contributed by atoms with Crippen molar-refractivity contribution in [1.29, 1.82) is 5.41 Å². The molecule has 5 saturated heterocycles. The zero-order valence-corrected chi connectivity index (χ0v) is 67.9. The predicted octanol–water partition coefficient (Wildman–Crippen LogP) is -4.42. The van der Waals surface area contributed by atoms with Crippen LogP contribution in [0.3, 0.4) is 0 Å². The summed E-state index contributed by atoms with van der Waals surface area (Å²) in [5, 5.41) is 119. The normalized spacial score (nSPS) is 27.5. The second-order valence-electron chi connectivity index (χ2n) is 26.5. The van der Waals surface area contributed by atoms with E-state index in [0.29, 0.717) is 50.2 Å². The SMILES string of the molecule is CNc1ccnc2c1ncn2[C@@H]1OC(COP(=O)(O)O)[C@@H](O)[C@H]1O.CNc1nc(C)nc2c1ncn2[C@@H]1OC(COP(=O)(O)O)[C@@H](O)[C@H]1O.Cn1cnc2c(ncn2[C@@H]2OC(COP(=O)(O)O)[C@@H](O)[C@H]2O)c1=N.O=P(O)(O)OCC1O[C@@H](n2cnc3c(Cl)ccnc32)[C@H](O)[C@@H]1O.[N-]=[N+]=Nc1nc2c(N)ccnc2n1[C@@H]1OC(COP(=O)(O)O)[C@@H](O)[C@H]1O. The van der Waals surface area contributed by atoms with E-state index in [-0.39, 0.29) is 39.5 Å². The minimum Gasteiger partial charge on any atom is -0.397 e. The van der Waals surface area contributed by atoms with Gasteiger partial charge in [-0.1, -0.05) is 11.6 Å². The molecule has 59 nitrogen and oxygen atoms in total. The second-order valence-corrected chi connectivity index (χ2v) is 33.1. The van der Waals surface area contributed by atoms with Crippen LogP contribution in [0.1, 0.15) is 37.0 Å². The lowest BCUT2D eigenvalue weighted by atomic mass is 10.1. The van der Waals surface area contributed by atoms with E-state index in [2.05, 4.69) is 98.1 Å². The van der Waals surface area contributed by atoms with Crippen molar-refractivity contribution in [3.63, 3.8) is 0 Å². The second kappa shape index (κ2) is 38.3. The van der Waals surface area contributed by atoms with E-state index in [1.807, 2.05) is 0 Å². The number of halogens is 1. The molecule has 0 spiro atoms. The highest BCUT2D eigenvalue weighted by atomic mass is 35.5. The van der Waals surface area contributed by atoms with Gasteiger partial charge in [-0.3, -0.25) is 50.9 Å². The van der Waals surface area contributed by atoms with Gasteiger partial charge in [-0.2, -0.15) is 0 Å². The molecule has 0 amide bonds. The maximum Gasteiger partial charge on any atom is 0.469 e. The third-order valence-electron chi connectivity index (χ3n) is 18.4. The Morgan fingerprint density at radius 3 is 1.22 bits per heavy atom. The van der Waals surface area contributed by atoms with Crippen LogP contribution in [0.15, 0.2) is 73.5 Å². The summed E-state index contributed by atoms with van der Waals surface area (Å²) in [5.41, 5.74) is 19.0. The van der Waals surface area contributed by atoms with Gasteiger partial charge in [0.2, 0.25) is 5.95 Å². The zero-order valence-electron chi connectivity index (χ0n) is 62.6. The van der Waals surface area contributed by atoms with Crippen molar-refractivity contribution >= 4 is 130 Å². The van der Waals surface area contributed by atoms with Crippen molar-refractivity contribution < 1.29 is 169 Å². The molecule has 15 heterocycles. The van der Waals surface area contributed by atoms with E-state index in [1.54, 1.807) is 46.4 Å². The standard InChI is InChI=1S/C12H18N5O7P.C12H17N4O7P.C11H13ClN3O7P.C11H14N7O7P.C11H16N5O7P/c1-5-15-10(13-2)7-11(16-5)17(4-14-7)12-9(19)8(18)6(24-12)3-23-25(20,21)22;1-13-6-2-3-14-11-8(6)15-5-16(11)12-10(18)9(17)7(23-12)4-22-24(19,20)21;12-5-1-2-13-10-7(5)14-4-15(10)11-9(17)8(16)6(22-11)3-21-23(18,19)20;12-4-1-2-14-9-6(4)15-11(16-17-13)18(9)10-8(20)7(19)5(25-10)3-24-26(21,22)23;1-15-3-14-10-6(9(15)12)13-4-16(10)11-8(18)7(17)5(23-11)2-22-24(19,20)21/h4,6,8-9,12,18-19H,3H2,1-2H3,(H,13,15,16)(H2,20,21,22);2-3,5,7,9-10,12,17-18H,4H2,1H3,(H,13,14)(H2,19,20,21);1-2,4,6,8-9,11,16-17H,3H2,(H2,18,19,20);1-2,5,7-8,10,19-20H,3H2,(H2,12,14)(H2,21,22,23);3-5,7-8,11-12,17-18H,2H2,1H3,(H2,19,20,21)/t6?,8-,9-,12-;7?,9-,10-,12-;6?,8-,9-,11-;5?,7-,8-,10-;5?,7-,8-,11-/m11111/s1. The molecule has 5 aliphatic heterocycles. The Labute approximate surface area is 684 Å². The molecule has 668 valence electrons. The number of phosphoric ester groups is 5. The lowest BCUT2D eigenvalue weighted by Gasteiger charge is -2.18. The van der Waals surface area contributed by atoms with Crippen molar-refractivity contribution in [2.24, 2.45) is 12.2 Å². The van der Waals surface area contributed by atoms with E-state index in [0.717, 1.165) is 10.3 Å². The summed E-state index contributed by atoms with van der Waals surface area (Å²) in [7, 11) is -18.6. The van der Waals surface area contributed by atoms with Gasteiger partial charge in [-0.15, -0.1) is 0 Å². The molecule has 10 aromatic rings. The van der Waals surface area contributed by atoms with Gasteiger partial charge in [-0.05, 0) is 35.8 Å². The molecule has 0 aromatic carbocycles. The highest BCUT2D eigenvalue weighted by Gasteiger charge is 2.51. The fourth-order valence-corrected chi connectivity index (χ4v) is 14.6. The zero-order chi connectivity index (χ0) is 89.3. The number of rotatable bonds is 23. The smallest absolute Gasteiger partial charge is 0.397 e. The number of nitrogens with zero attached hydrogens (tertiary/aromatic N) is 20. The number of azide groups is 1. The first-order valence-electron chi connectivity index (χ1n) is 34.8. The lowest BCUT2D eigenvalue weighted by Crippen LogP contribution is -2.33. The minimum atomic E-state index is -4.80. The molecule has 20 atom stereocenters. The predicted molar refractivity (Wildman–Crippen MR) is 402 cm³/mol. The van der Waals surface area contributed by atoms with Gasteiger partial charge < -0.3 is 145 Å². The number of aryl methyl sites for hydroxylation is 2. The minimum absolute atomic E-state index is 0.105.